The Morgan fingerprint density at radius 1 is 1.45 bits per heavy atom. The summed E-state index contributed by atoms with van der Waals surface area (Å²) in [5.74, 6) is -0.770. The number of nitro groups is 1. The van der Waals surface area contributed by atoms with Crippen LogP contribution in [0.1, 0.15) is 18.4 Å². The minimum Gasteiger partial charge on any atom is -0.465 e. The first-order valence-electron chi connectivity index (χ1n) is 6.80. The molecule has 7 nitrogen and oxygen atoms in total. The second kappa shape index (κ2) is 6.72. The van der Waals surface area contributed by atoms with Gasteiger partial charge < -0.3 is 9.64 Å². The molecule has 1 aromatic rings. The summed E-state index contributed by atoms with van der Waals surface area (Å²) in [6.45, 7) is 1.59. The smallest absolute Gasteiger partial charge is 0.348 e. The third-order valence-electron chi connectivity index (χ3n) is 3.48. The fraction of sp³-hybridized carbons (Fsp3) is 0.333. The summed E-state index contributed by atoms with van der Waals surface area (Å²) in [5.41, 5.74) is 0.747. The summed E-state index contributed by atoms with van der Waals surface area (Å²) in [6, 6.07) is 6.40. The highest BCUT2D eigenvalue weighted by Gasteiger charge is 2.22. The second-order valence-electron chi connectivity index (χ2n) is 4.86. The van der Waals surface area contributed by atoms with Gasteiger partial charge in [0.05, 0.1) is 12.0 Å². The lowest BCUT2D eigenvalue weighted by atomic mass is 10.1. The molecule has 0 unspecified atom stereocenters. The summed E-state index contributed by atoms with van der Waals surface area (Å²) in [4.78, 5) is 24.2. The molecule has 0 saturated carbocycles. The molecule has 1 saturated heterocycles. The maximum absolute atomic E-state index is 11.4. The molecule has 1 aliphatic rings. The average Bonchev–Trinajstić information content (AvgIpc) is 3.05. The van der Waals surface area contributed by atoms with Gasteiger partial charge in [-0.25, -0.2) is 4.79 Å². The fourth-order valence-corrected chi connectivity index (χ4v) is 2.42. The number of anilines is 1. The van der Waals surface area contributed by atoms with E-state index < -0.39 is 10.9 Å². The summed E-state index contributed by atoms with van der Waals surface area (Å²) < 4.78 is 4.49. The standard InChI is InChI=1S/C15H15N3O4/c1-22-15(19)12(10-16)8-11-4-5-13(14(9-11)18(20)21)17-6-2-3-7-17/h4-5,8-9H,2-3,6-7H2,1H3/b12-8-. The van der Waals surface area contributed by atoms with Crippen molar-refractivity contribution >= 4 is 23.4 Å². The summed E-state index contributed by atoms with van der Waals surface area (Å²) in [5, 5.41) is 20.2. The fourth-order valence-electron chi connectivity index (χ4n) is 2.42. The van der Waals surface area contributed by atoms with Gasteiger partial charge in [-0.05, 0) is 30.5 Å². The number of rotatable bonds is 4. The predicted octanol–water partition coefficient (Wildman–Crippen LogP) is 2.27. The minimum absolute atomic E-state index is 0.0298. The number of hydrogen-bond donors (Lipinski definition) is 0. The second-order valence-corrected chi connectivity index (χ2v) is 4.86. The first kappa shape index (κ1) is 15.5. The number of ether oxygens (including phenoxy) is 1. The Labute approximate surface area is 127 Å². The van der Waals surface area contributed by atoms with Crippen LogP contribution in [0.3, 0.4) is 0 Å². The zero-order valence-corrected chi connectivity index (χ0v) is 12.1. The van der Waals surface area contributed by atoms with Crippen LogP contribution in [0, 0.1) is 21.4 Å². The van der Waals surface area contributed by atoms with Gasteiger partial charge in [0.15, 0.2) is 0 Å². The van der Waals surface area contributed by atoms with E-state index in [2.05, 4.69) is 4.74 Å². The van der Waals surface area contributed by atoms with Crippen LogP contribution >= 0.6 is 0 Å². The predicted molar refractivity (Wildman–Crippen MR) is 80.1 cm³/mol. The monoisotopic (exact) mass is 301 g/mol. The van der Waals surface area contributed by atoms with Gasteiger partial charge in [0.1, 0.15) is 17.3 Å². The Balaban J connectivity index is 2.41. The molecule has 0 spiro atoms. The van der Waals surface area contributed by atoms with Crippen molar-refractivity contribution in [2.75, 3.05) is 25.1 Å². The quantitative estimate of drug-likeness (QED) is 0.278. The highest BCUT2D eigenvalue weighted by atomic mass is 16.6. The number of methoxy groups -OCH3 is 1. The van der Waals surface area contributed by atoms with Crippen LogP contribution in [0.5, 0.6) is 0 Å². The Bertz CT molecular complexity index is 670. The number of carbonyl (C=O) groups excluding carboxylic acids is 1. The molecule has 0 aliphatic carbocycles. The van der Waals surface area contributed by atoms with E-state index in [1.165, 1.54) is 19.3 Å². The van der Waals surface area contributed by atoms with Crippen LogP contribution in [-0.2, 0) is 9.53 Å². The van der Waals surface area contributed by atoms with Crippen molar-refractivity contribution in [2.24, 2.45) is 0 Å². The van der Waals surface area contributed by atoms with Crippen LogP contribution in [0.15, 0.2) is 23.8 Å². The van der Waals surface area contributed by atoms with E-state index in [1.807, 2.05) is 4.90 Å². The summed E-state index contributed by atoms with van der Waals surface area (Å²) >= 11 is 0. The first-order valence-corrected chi connectivity index (χ1v) is 6.80. The summed E-state index contributed by atoms with van der Waals surface area (Å²) in [7, 11) is 1.17. The Kier molecular flexibility index (Phi) is 4.73. The van der Waals surface area contributed by atoms with Crippen molar-refractivity contribution in [3.63, 3.8) is 0 Å². The molecule has 114 valence electrons. The Morgan fingerprint density at radius 2 is 2.14 bits per heavy atom. The van der Waals surface area contributed by atoms with Crippen LogP contribution in [0.4, 0.5) is 11.4 Å². The molecule has 2 rings (SSSR count). The molecule has 1 aliphatic heterocycles. The molecule has 7 heteroatoms. The topological polar surface area (TPSA) is 96.5 Å². The van der Waals surface area contributed by atoms with Gasteiger partial charge in [-0.3, -0.25) is 10.1 Å². The molecule has 0 N–H and O–H groups in total. The normalized spacial score (nSPS) is 14.5. The van der Waals surface area contributed by atoms with Crippen LogP contribution in [-0.4, -0.2) is 31.1 Å². The van der Waals surface area contributed by atoms with E-state index in [9.17, 15) is 14.9 Å². The maximum Gasteiger partial charge on any atom is 0.348 e. The van der Waals surface area contributed by atoms with Crippen LogP contribution in [0.25, 0.3) is 6.08 Å². The van der Waals surface area contributed by atoms with E-state index in [-0.39, 0.29) is 11.3 Å². The molecule has 1 aromatic carbocycles. The Morgan fingerprint density at radius 3 is 2.68 bits per heavy atom. The molecule has 0 aromatic heterocycles. The SMILES string of the molecule is COC(=O)/C(C#N)=C\c1ccc(N2CCCC2)c([N+](=O)[O-])c1. The van der Waals surface area contributed by atoms with Gasteiger partial charge >= 0.3 is 5.97 Å². The van der Waals surface area contributed by atoms with E-state index >= 15 is 0 Å². The molecule has 0 atom stereocenters. The zero-order chi connectivity index (χ0) is 16.1. The van der Waals surface area contributed by atoms with Crippen molar-refractivity contribution < 1.29 is 14.5 Å². The zero-order valence-electron chi connectivity index (χ0n) is 12.1. The number of benzene rings is 1. The Hall–Kier alpha value is -2.88. The molecule has 1 fully saturated rings. The van der Waals surface area contributed by atoms with E-state index in [0.717, 1.165) is 25.9 Å². The summed E-state index contributed by atoms with van der Waals surface area (Å²) in [6.07, 6.45) is 3.31. The number of nitrogens with zero attached hydrogens (tertiary/aromatic N) is 3. The van der Waals surface area contributed by atoms with Crippen molar-refractivity contribution in [3.05, 3.63) is 39.4 Å². The maximum atomic E-state index is 11.4. The molecule has 0 bridgehead atoms. The third kappa shape index (κ3) is 3.23. The van der Waals surface area contributed by atoms with Gasteiger partial charge in [-0.2, -0.15) is 5.26 Å². The highest BCUT2D eigenvalue weighted by molar-refractivity contribution is 5.98. The molecule has 0 amide bonds. The van der Waals surface area contributed by atoms with E-state index in [1.54, 1.807) is 18.2 Å². The molecule has 1 heterocycles. The molecular weight excluding hydrogens is 286 g/mol. The van der Waals surface area contributed by atoms with E-state index in [0.29, 0.717) is 11.3 Å². The third-order valence-corrected chi connectivity index (χ3v) is 3.48. The van der Waals surface area contributed by atoms with Crippen LogP contribution < -0.4 is 4.90 Å². The molecular formula is C15H15N3O4. The number of carbonyl (C=O) groups is 1. The van der Waals surface area contributed by atoms with Gasteiger partial charge in [0.2, 0.25) is 0 Å². The lowest BCUT2D eigenvalue weighted by molar-refractivity contribution is -0.384. The largest absolute Gasteiger partial charge is 0.465 e. The number of nitriles is 1. The number of hydrogen-bond acceptors (Lipinski definition) is 6. The van der Waals surface area contributed by atoms with Crippen LogP contribution in [0.2, 0.25) is 0 Å². The molecule has 0 radical (unpaired) electrons. The first-order chi connectivity index (χ1) is 10.6. The van der Waals surface area contributed by atoms with Crippen molar-refractivity contribution in [1.29, 1.82) is 5.26 Å². The van der Waals surface area contributed by atoms with Gasteiger partial charge in [0.25, 0.3) is 5.69 Å². The van der Waals surface area contributed by atoms with E-state index in [4.69, 9.17) is 5.26 Å². The van der Waals surface area contributed by atoms with Gasteiger partial charge in [-0.15, -0.1) is 0 Å². The van der Waals surface area contributed by atoms with Crippen molar-refractivity contribution in [1.82, 2.24) is 0 Å². The highest BCUT2D eigenvalue weighted by Crippen LogP contribution is 2.32. The minimum atomic E-state index is -0.770. The van der Waals surface area contributed by atoms with Crippen molar-refractivity contribution in [3.8, 4) is 6.07 Å². The number of esters is 1. The lowest BCUT2D eigenvalue weighted by Gasteiger charge is -2.17. The molecule has 22 heavy (non-hydrogen) atoms. The average molecular weight is 301 g/mol. The van der Waals surface area contributed by atoms with Gasteiger partial charge in [0, 0.05) is 19.2 Å². The van der Waals surface area contributed by atoms with Gasteiger partial charge in [-0.1, -0.05) is 6.07 Å². The lowest BCUT2D eigenvalue weighted by Crippen LogP contribution is -2.18. The number of nitro benzene ring substituents is 1. The van der Waals surface area contributed by atoms with Crippen molar-refractivity contribution in [2.45, 2.75) is 12.8 Å².